The summed E-state index contributed by atoms with van der Waals surface area (Å²) in [7, 11) is 1.84. The number of likely N-dealkylation sites (tertiary alicyclic amines) is 1. The number of fused-ring (bicyclic) bond motifs is 1. The van der Waals surface area contributed by atoms with Crippen molar-refractivity contribution in [3.63, 3.8) is 0 Å². The second-order valence-electron chi connectivity index (χ2n) is 8.75. The smallest absolute Gasteiger partial charge is 0.407 e. The summed E-state index contributed by atoms with van der Waals surface area (Å²) in [5, 5.41) is 8.07. The topological polar surface area (TPSA) is 89.4 Å². The van der Waals surface area contributed by atoms with E-state index in [0.717, 1.165) is 36.0 Å². The van der Waals surface area contributed by atoms with E-state index in [2.05, 4.69) is 15.4 Å². The first kappa shape index (κ1) is 21.1. The zero-order chi connectivity index (χ0) is 21.3. The van der Waals surface area contributed by atoms with E-state index in [0.29, 0.717) is 24.3 Å². The number of carbonyl (C=O) groups is 2. The first-order valence-electron chi connectivity index (χ1n) is 10.2. The predicted molar refractivity (Wildman–Crippen MR) is 111 cm³/mol. The van der Waals surface area contributed by atoms with Gasteiger partial charge in [0.05, 0.1) is 16.6 Å². The SMILES string of the molecule is Cc1cc(C(=O)N2CCCCC2CNC(=O)OC(C)(C)C)c2c(C)nn(C)c2n1. The van der Waals surface area contributed by atoms with Crippen LogP contribution in [0.3, 0.4) is 0 Å². The zero-order valence-electron chi connectivity index (χ0n) is 18.2. The number of aryl methyl sites for hydroxylation is 3. The highest BCUT2D eigenvalue weighted by molar-refractivity contribution is 6.06. The van der Waals surface area contributed by atoms with E-state index in [1.807, 2.05) is 52.6 Å². The van der Waals surface area contributed by atoms with Crippen LogP contribution in [0, 0.1) is 13.8 Å². The second-order valence-corrected chi connectivity index (χ2v) is 8.75. The number of ether oxygens (including phenoxy) is 1. The zero-order valence-corrected chi connectivity index (χ0v) is 18.2. The van der Waals surface area contributed by atoms with Crippen LogP contribution in [-0.4, -0.2) is 56.4 Å². The van der Waals surface area contributed by atoms with Gasteiger partial charge in [-0.05, 0) is 59.9 Å². The van der Waals surface area contributed by atoms with Gasteiger partial charge in [-0.1, -0.05) is 0 Å². The highest BCUT2D eigenvalue weighted by Crippen LogP contribution is 2.26. The molecule has 0 bridgehead atoms. The van der Waals surface area contributed by atoms with Crippen LogP contribution >= 0.6 is 0 Å². The van der Waals surface area contributed by atoms with Crippen LogP contribution < -0.4 is 5.32 Å². The van der Waals surface area contributed by atoms with Crippen LogP contribution in [0.4, 0.5) is 4.79 Å². The lowest BCUT2D eigenvalue weighted by Crippen LogP contribution is -2.50. The van der Waals surface area contributed by atoms with Crippen LogP contribution in [-0.2, 0) is 11.8 Å². The number of aromatic nitrogens is 3. The monoisotopic (exact) mass is 401 g/mol. The van der Waals surface area contributed by atoms with Crippen molar-refractivity contribution < 1.29 is 14.3 Å². The molecule has 0 aromatic carbocycles. The number of pyridine rings is 1. The summed E-state index contributed by atoms with van der Waals surface area (Å²) in [5.74, 6) is -0.0349. The number of nitrogens with one attached hydrogen (secondary N) is 1. The van der Waals surface area contributed by atoms with Gasteiger partial charge < -0.3 is 15.0 Å². The summed E-state index contributed by atoms with van der Waals surface area (Å²) in [6.45, 7) is 10.3. The minimum Gasteiger partial charge on any atom is -0.444 e. The van der Waals surface area contributed by atoms with Gasteiger partial charge in [-0.25, -0.2) is 9.78 Å². The summed E-state index contributed by atoms with van der Waals surface area (Å²) in [6, 6.07) is 1.77. The van der Waals surface area contributed by atoms with Gasteiger partial charge in [-0.15, -0.1) is 0 Å². The average Bonchev–Trinajstić information content (AvgIpc) is 2.91. The van der Waals surface area contributed by atoms with Gasteiger partial charge in [-0.2, -0.15) is 5.10 Å². The number of hydrogen-bond acceptors (Lipinski definition) is 5. The summed E-state index contributed by atoms with van der Waals surface area (Å²) in [4.78, 5) is 32.0. The third-order valence-electron chi connectivity index (χ3n) is 5.10. The lowest BCUT2D eigenvalue weighted by atomic mass is 9.99. The number of amides is 2. The Kier molecular flexibility index (Phi) is 5.82. The Morgan fingerprint density at radius 3 is 2.69 bits per heavy atom. The van der Waals surface area contributed by atoms with Crippen molar-refractivity contribution in [2.45, 2.75) is 65.5 Å². The van der Waals surface area contributed by atoms with Gasteiger partial charge in [0, 0.05) is 31.9 Å². The van der Waals surface area contributed by atoms with Gasteiger partial charge in [0.1, 0.15) is 5.60 Å². The number of piperidine rings is 1. The first-order chi connectivity index (χ1) is 13.6. The Bertz CT molecular complexity index is 929. The molecule has 1 fully saturated rings. The molecule has 1 unspecified atom stereocenters. The van der Waals surface area contributed by atoms with E-state index in [9.17, 15) is 9.59 Å². The molecular formula is C21H31N5O3. The van der Waals surface area contributed by atoms with E-state index in [1.54, 1.807) is 4.68 Å². The Morgan fingerprint density at radius 2 is 2.00 bits per heavy atom. The van der Waals surface area contributed by atoms with E-state index < -0.39 is 11.7 Å². The molecule has 1 atom stereocenters. The number of alkyl carbamates (subject to hydrolysis) is 1. The van der Waals surface area contributed by atoms with Crippen LogP contribution in [0.5, 0.6) is 0 Å². The molecule has 1 aliphatic rings. The molecule has 0 radical (unpaired) electrons. The molecule has 0 saturated carbocycles. The molecule has 2 aromatic rings. The van der Waals surface area contributed by atoms with Crippen molar-refractivity contribution in [1.82, 2.24) is 25.0 Å². The fourth-order valence-electron chi connectivity index (χ4n) is 3.89. The van der Waals surface area contributed by atoms with Gasteiger partial charge >= 0.3 is 6.09 Å². The average molecular weight is 402 g/mol. The summed E-state index contributed by atoms with van der Waals surface area (Å²) in [5.41, 5.74) is 2.36. The number of nitrogens with zero attached hydrogens (tertiary/aromatic N) is 4. The van der Waals surface area contributed by atoms with Crippen LogP contribution in [0.25, 0.3) is 11.0 Å². The van der Waals surface area contributed by atoms with Crippen molar-refractivity contribution in [3.05, 3.63) is 23.0 Å². The summed E-state index contributed by atoms with van der Waals surface area (Å²) < 4.78 is 7.04. The fourth-order valence-corrected chi connectivity index (χ4v) is 3.89. The molecule has 2 amide bonds. The fraction of sp³-hybridized carbons (Fsp3) is 0.619. The second kappa shape index (κ2) is 8.00. The Hall–Kier alpha value is -2.64. The maximum Gasteiger partial charge on any atom is 0.407 e. The molecule has 0 spiro atoms. The van der Waals surface area contributed by atoms with Crippen LogP contribution in [0.2, 0.25) is 0 Å². The lowest BCUT2D eigenvalue weighted by Gasteiger charge is -2.36. The number of rotatable bonds is 3. The third kappa shape index (κ3) is 4.68. The molecule has 2 aromatic heterocycles. The van der Waals surface area contributed by atoms with Crippen molar-refractivity contribution in [1.29, 1.82) is 0 Å². The van der Waals surface area contributed by atoms with Gasteiger partial charge in [0.25, 0.3) is 5.91 Å². The quantitative estimate of drug-likeness (QED) is 0.854. The minimum absolute atomic E-state index is 0.0349. The summed E-state index contributed by atoms with van der Waals surface area (Å²) in [6.07, 6.45) is 2.37. The normalized spacial score (nSPS) is 17.4. The largest absolute Gasteiger partial charge is 0.444 e. The van der Waals surface area contributed by atoms with E-state index in [1.165, 1.54) is 0 Å². The van der Waals surface area contributed by atoms with Crippen molar-refractivity contribution >= 4 is 23.0 Å². The Balaban J connectivity index is 1.83. The molecule has 0 aliphatic carbocycles. The standard InChI is InChI=1S/C21H31N5O3/c1-13-11-16(17-14(2)24-25(6)18(17)23-13)19(27)26-10-8-7-9-15(26)12-22-20(28)29-21(3,4)5/h11,15H,7-10,12H2,1-6H3,(H,22,28). The maximum absolute atomic E-state index is 13.5. The molecule has 1 N–H and O–H groups in total. The molecule has 1 aliphatic heterocycles. The Morgan fingerprint density at radius 1 is 1.28 bits per heavy atom. The number of carbonyl (C=O) groups excluding carboxylic acids is 2. The molecule has 158 valence electrons. The highest BCUT2D eigenvalue weighted by atomic mass is 16.6. The molecule has 3 rings (SSSR count). The van der Waals surface area contributed by atoms with Crippen molar-refractivity contribution in [2.75, 3.05) is 13.1 Å². The molecule has 3 heterocycles. The highest BCUT2D eigenvalue weighted by Gasteiger charge is 2.30. The first-order valence-corrected chi connectivity index (χ1v) is 10.2. The number of hydrogen-bond donors (Lipinski definition) is 1. The van der Waals surface area contributed by atoms with Crippen LogP contribution in [0.15, 0.2) is 6.07 Å². The van der Waals surface area contributed by atoms with E-state index in [4.69, 9.17) is 4.74 Å². The molecule has 1 saturated heterocycles. The minimum atomic E-state index is -0.551. The molecule has 29 heavy (non-hydrogen) atoms. The van der Waals surface area contributed by atoms with E-state index in [-0.39, 0.29) is 11.9 Å². The van der Waals surface area contributed by atoms with Crippen molar-refractivity contribution in [2.24, 2.45) is 7.05 Å². The van der Waals surface area contributed by atoms with E-state index >= 15 is 0 Å². The maximum atomic E-state index is 13.5. The lowest BCUT2D eigenvalue weighted by molar-refractivity contribution is 0.0463. The van der Waals surface area contributed by atoms with Gasteiger partial charge in [0.15, 0.2) is 5.65 Å². The van der Waals surface area contributed by atoms with Crippen molar-refractivity contribution in [3.8, 4) is 0 Å². The molecular weight excluding hydrogens is 370 g/mol. The Labute approximate surface area is 171 Å². The van der Waals surface area contributed by atoms with Crippen LogP contribution in [0.1, 0.15) is 61.8 Å². The molecule has 8 heteroatoms. The van der Waals surface area contributed by atoms with Gasteiger partial charge in [0.2, 0.25) is 0 Å². The van der Waals surface area contributed by atoms with Gasteiger partial charge in [-0.3, -0.25) is 9.48 Å². The molecule has 8 nitrogen and oxygen atoms in total. The summed E-state index contributed by atoms with van der Waals surface area (Å²) >= 11 is 0. The third-order valence-corrected chi connectivity index (χ3v) is 5.10. The predicted octanol–water partition coefficient (Wildman–Crippen LogP) is 3.10.